The third-order valence-electron chi connectivity index (χ3n) is 1.27. The van der Waals surface area contributed by atoms with Crippen LogP contribution in [0.2, 0.25) is 0 Å². The first-order chi connectivity index (χ1) is 6.02. The summed E-state index contributed by atoms with van der Waals surface area (Å²) in [7, 11) is -4.53. The molecule has 0 radical (unpaired) electrons. The molecule has 0 fully saturated rings. The van der Waals surface area contributed by atoms with Crippen LogP contribution in [-0.2, 0) is 10.0 Å². The van der Waals surface area contributed by atoms with Crippen LogP contribution in [0.25, 0.3) is 0 Å². The average Bonchev–Trinajstić information content (AvgIpc) is 2.05. The molecule has 6 heteroatoms. The normalized spacial score (nSPS) is 11.6. The number of alkyl halides is 2. The molecule has 0 aliphatic rings. The molecule has 72 valence electrons. The van der Waals surface area contributed by atoms with Gasteiger partial charge in [-0.1, -0.05) is 18.2 Å². The van der Waals surface area contributed by atoms with E-state index in [-0.39, 0.29) is 5.69 Å². The minimum atomic E-state index is -4.53. The Bertz CT molecular complexity index is 363. The van der Waals surface area contributed by atoms with Crippen molar-refractivity contribution in [3.63, 3.8) is 0 Å². The molecule has 0 heterocycles. The van der Waals surface area contributed by atoms with Crippen molar-refractivity contribution in [2.24, 2.45) is 0 Å². The molecule has 0 saturated heterocycles. The van der Waals surface area contributed by atoms with Gasteiger partial charge < -0.3 is 0 Å². The number of para-hydroxylation sites is 1. The Morgan fingerprint density at radius 3 is 2.15 bits per heavy atom. The van der Waals surface area contributed by atoms with E-state index in [0.717, 1.165) is 0 Å². The summed E-state index contributed by atoms with van der Waals surface area (Å²) >= 11 is 0. The Balaban J connectivity index is 2.82. The van der Waals surface area contributed by atoms with Crippen molar-refractivity contribution < 1.29 is 17.2 Å². The fraction of sp³-hybridized carbons (Fsp3) is 0.143. The van der Waals surface area contributed by atoms with Gasteiger partial charge in [0.2, 0.25) is 0 Å². The zero-order valence-corrected chi connectivity index (χ0v) is 7.26. The van der Waals surface area contributed by atoms with Crippen molar-refractivity contribution in [1.82, 2.24) is 0 Å². The Labute approximate surface area is 74.4 Å². The molecule has 0 atom stereocenters. The second-order valence-electron chi connectivity index (χ2n) is 2.27. The number of hydrogen-bond donors (Lipinski definition) is 1. The van der Waals surface area contributed by atoms with Gasteiger partial charge in [0.15, 0.2) is 0 Å². The van der Waals surface area contributed by atoms with Gasteiger partial charge in [0.05, 0.1) is 0 Å². The van der Waals surface area contributed by atoms with Crippen LogP contribution in [0.1, 0.15) is 0 Å². The Kier molecular flexibility index (Phi) is 2.82. The third-order valence-corrected chi connectivity index (χ3v) is 2.26. The number of benzene rings is 1. The zero-order chi connectivity index (χ0) is 9.90. The summed E-state index contributed by atoms with van der Waals surface area (Å²) in [6.07, 6.45) is 0. The first-order valence-electron chi connectivity index (χ1n) is 3.37. The van der Waals surface area contributed by atoms with Crippen LogP contribution in [0.3, 0.4) is 0 Å². The standard InChI is InChI=1S/C7H7F2NO2S/c8-7(9)13(11,12)10-6-4-2-1-3-5-6/h1-5,7,10H. The van der Waals surface area contributed by atoms with E-state index in [9.17, 15) is 17.2 Å². The maximum Gasteiger partial charge on any atom is 0.355 e. The van der Waals surface area contributed by atoms with Gasteiger partial charge in [-0.05, 0) is 12.1 Å². The zero-order valence-electron chi connectivity index (χ0n) is 6.44. The summed E-state index contributed by atoms with van der Waals surface area (Å²) in [5, 5.41) is 0. The maximum atomic E-state index is 11.8. The second-order valence-corrected chi connectivity index (χ2v) is 3.92. The Hall–Kier alpha value is -1.17. The van der Waals surface area contributed by atoms with E-state index in [1.807, 2.05) is 0 Å². The lowest BCUT2D eigenvalue weighted by Gasteiger charge is -2.05. The lowest BCUT2D eigenvalue weighted by molar-refractivity contribution is 0.236. The largest absolute Gasteiger partial charge is 0.355 e. The Morgan fingerprint density at radius 2 is 1.69 bits per heavy atom. The van der Waals surface area contributed by atoms with Gasteiger partial charge in [0, 0.05) is 5.69 Å². The third kappa shape index (κ3) is 2.66. The summed E-state index contributed by atoms with van der Waals surface area (Å²) in [5.41, 5.74) is 0.128. The van der Waals surface area contributed by atoms with E-state index < -0.39 is 15.8 Å². The van der Waals surface area contributed by atoms with E-state index in [2.05, 4.69) is 0 Å². The van der Waals surface area contributed by atoms with Crippen LogP contribution in [0, 0.1) is 0 Å². The second kappa shape index (κ2) is 3.69. The number of nitrogens with one attached hydrogen (secondary N) is 1. The molecule has 1 N–H and O–H groups in total. The predicted octanol–water partition coefficient (Wildman–Crippen LogP) is 1.65. The molecule has 0 amide bonds. The van der Waals surface area contributed by atoms with Crippen molar-refractivity contribution in [2.45, 2.75) is 5.76 Å². The average molecular weight is 207 g/mol. The summed E-state index contributed by atoms with van der Waals surface area (Å²) in [5.74, 6) is -3.41. The van der Waals surface area contributed by atoms with E-state index in [0.29, 0.717) is 0 Å². The van der Waals surface area contributed by atoms with Crippen LogP contribution >= 0.6 is 0 Å². The van der Waals surface area contributed by atoms with E-state index in [1.54, 1.807) is 22.9 Å². The molecule has 0 aromatic heterocycles. The van der Waals surface area contributed by atoms with Crippen LogP contribution in [0.15, 0.2) is 30.3 Å². The van der Waals surface area contributed by atoms with E-state index in [4.69, 9.17) is 0 Å². The SMILES string of the molecule is O=S(=O)(Nc1ccccc1)C(F)F. The first-order valence-corrected chi connectivity index (χ1v) is 4.92. The highest BCUT2D eigenvalue weighted by Crippen LogP contribution is 2.12. The van der Waals surface area contributed by atoms with Crippen molar-refractivity contribution >= 4 is 15.7 Å². The van der Waals surface area contributed by atoms with Crippen molar-refractivity contribution in [1.29, 1.82) is 0 Å². The minimum absolute atomic E-state index is 0.128. The van der Waals surface area contributed by atoms with Gasteiger partial charge >= 0.3 is 5.76 Å². The molecule has 13 heavy (non-hydrogen) atoms. The number of anilines is 1. The molecule has 0 saturated carbocycles. The quantitative estimate of drug-likeness (QED) is 0.819. The molecule has 3 nitrogen and oxygen atoms in total. The highest BCUT2D eigenvalue weighted by Gasteiger charge is 2.23. The summed E-state index contributed by atoms with van der Waals surface area (Å²) in [6, 6.07) is 7.52. The highest BCUT2D eigenvalue weighted by molar-refractivity contribution is 7.93. The lowest BCUT2D eigenvalue weighted by Crippen LogP contribution is -2.20. The molecule has 1 aromatic carbocycles. The molecule has 0 aliphatic carbocycles. The van der Waals surface area contributed by atoms with E-state index in [1.165, 1.54) is 12.1 Å². The van der Waals surface area contributed by atoms with Gasteiger partial charge in [-0.25, -0.2) is 8.42 Å². The molecule has 0 unspecified atom stereocenters. The molecule has 0 aliphatic heterocycles. The highest BCUT2D eigenvalue weighted by atomic mass is 32.2. The molecule has 0 bridgehead atoms. The predicted molar refractivity (Wildman–Crippen MR) is 45.0 cm³/mol. The maximum absolute atomic E-state index is 11.8. The summed E-state index contributed by atoms with van der Waals surface area (Å²) in [4.78, 5) is 0. The van der Waals surface area contributed by atoms with Crippen molar-refractivity contribution in [2.75, 3.05) is 4.72 Å². The van der Waals surface area contributed by atoms with Crippen molar-refractivity contribution in [3.05, 3.63) is 30.3 Å². The number of hydrogen-bond acceptors (Lipinski definition) is 2. The minimum Gasteiger partial charge on any atom is -0.279 e. The van der Waals surface area contributed by atoms with Crippen LogP contribution in [-0.4, -0.2) is 14.2 Å². The van der Waals surface area contributed by atoms with Crippen molar-refractivity contribution in [3.8, 4) is 0 Å². The number of halogens is 2. The van der Waals surface area contributed by atoms with Crippen LogP contribution in [0.4, 0.5) is 14.5 Å². The summed E-state index contributed by atoms with van der Waals surface area (Å²) < 4.78 is 46.7. The number of sulfonamides is 1. The van der Waals surface area contributed by atoms with E-state index >= 15 is 0 Å². The molecular weight excluding hydrogens is 200 g/mol. The number of rotatable bonds is 3. The Morgan fingerprint density at radius 1 is 1.15 bits per heavy atom. The monoisotopic (exact) mass is 207 g/mol. The summed E-state index contributed by atoms with van der Waals surface area (Å²) in [6.45, 7) is 0. The topological polar surface area (TPSA) is 46.2 Å². The molecule has 1 rings (SSSR count). The lowest BCUT2D eigenvalue weighted by atomic mass is 10.3. The smallest absolute Gasteiger partial charge is 0.279 e. The van der Waals surface area contributed by atoms with Gasteiger partial charge in [-0.15, -0.1) is 0 Å². The van der Waals surface area contributed by atoms with Gasteiger partial charge in [-0.3, -0.25) is 4.72 Å². The molecule has 0 spiro atoms. The van der Waals surface area contributed by atoms with Gasteiger partial charge in [0.1, 0.15) is 0 Å². The van der Waals surface area contributed by atoms with Crippen LogP contribution in [0.5, 0.6) is 0 Å². The fourth-order valence-electron chi connectivity index (χ4n) is 0.715. The molecular formula is C7H7F2NO2S. The van der Waals surface area contributed by atoms with Crippen LogP contribution < -0.4 is 4.72 Å². The fourth-order valence-corrected chi connectivity index (χ4v) is 1.27. The van der Waals surface area contributed by atoms with Gasteiger partial charge in [-0.2, -0.15) is 8.78 Å². The molecule has 1 aromatic rings. The van der Waals surface area contributed by atoms with Gasteiger partial charge in [0.25, 0.3) is 10.0 Å². The first kappa shape index (κ1) is 9.91.